The van der Waals surface area contributed by atoms with Crippen molar-refractivity contribution in [2.45, 2.75) is 5.54 Å². The number of hydrogen-bond acceptors (Lipinski definition) is 1. The van der Waals surface area contributed by atoms with Crippen LogP contribution in [0.15, 0.2) is 95.7 Å². The molecule has 3 aromatic rings. The molecule has 0 aromatic heterocycles. The molecule has 0 heterocycles. The Morgan fingerprint density at radius 3 is 1.00 bits per heavy atom. The largest absolute Gasteiger partial charge is 0.252 e. The van der Waals surface area contributed by atoms with Gasteiger partial charge in [-0.15, -0.1) is 0 Å². The molecule has 0 saturated heterocycles. The zero-order valence-electron chi connectivity index (χ0n) is 18.9. The number of benzene rings is 3. The van der Waals surface area contributed by atoms with Gasteiger partial charge in [-0.2, -0.15) is 0 Å². The Morgan fingerprint density at radius 1 is 0.500 bits per heavy atom. The summed E-state index contributed by atoms with van der Waals surface area (Å²) in [5, 5.41) is 0. The Labute approximate surface area is 182 Å². The van der Waals surface area contributed by atoms with E-state index in [9.17, 15) is 0 Å². The van der Waals surface area contributed by atoms with Gasteiger partial charge in [-0.05, 0) is 59.0 Å². The van der Waals surface area contributed by atoms with Crippen molar-refractivity contribution >= 4 is 7.51 Å². The van der Waals surface area contributed by atoms with Crippen LogP contribution in [0.2, 0.25) is 0 Å². The van der Waals surface area contributed by atoms with Gasteiger partial charge in [-0.1, -0.05) is 91.0 Å². The van der Waals surface area contributed by atoms with E-state index in [0.717, 1.165) is 16.7 Å². The van der Waals surface area contributed by atoms with E-state index in [2.05, 4.69) is 147 Å². The molecule has 0 aliphatic heterocycles. The van der Waals surface area contributed by atoms with Crippen LogP contribution >= 0.6 is 7.51 Å². The normalized spacial score (nSPS) is 12.6. The molecule has 158 valence electrons. The average molecular weight is 421 g/mol. The highest BCUT2D eigenvalue weighted by Crippen LogP contribution is 2.60. The smallest absolute Gasteiger partial charge is 0.167 e. The summed E-state index contributed by atoms with van der Waals surface area (Å²) in [6.45, 7) is 0. The van der Waals surface area contributed by atoms with Crippen LogP contribution in [0.3, 0.4) is 0 Å². The van der Waals surface area contributed by atoms with E-state index in [0.29, 0.717) is 0 Å². The number of rotatable bonds is 7. The molecular formula is C25H33N4P. The maximum atomic E-state index is 5.84. The summed E-state index contributed by atoms with van der Waals surface area (Å²) in [4.78, 5) is 0. The second-order valence-corrected chi connectivity index (χ2v) is 11.7. The van der Waals surface area contributed by atoms with E-state index in [1.165, 1.54) is 0 Å². The standard InChI is InChI=1S/C25H33N4P/c1-27(2)30(28(3)4,29(5)6)26-25(22-16-10-7-11-17-22,23-18-12-8-13-19-23)24-20-14-9-15-21-24/h7-21H,1-6H3. The molecule has 0 aliphatic rings. The predicted octanol–water partition coefficient (Wildman–Crippen LogP) is 5.61. The molecule has 5 heteroatoms. The first kappa shape index (κ1) is 22.5. The summed E-state index contributed by atoms with van der Waals surface area (Å²) < 4.78 is 12.7. The quantitative estimate of drug-likeness (QED) is 0.366. The van der Waals surface area contributed by atoms with Gasteiger partial charge < -0.3 is 0 Å². The second kappa shape index (κ2) is 9.28. The first-order chi connectivity index (χ1) is 14.4. The van der Waals surface area contributed by atoms with E-state index in [1.54, 1.807) is 0 Å². The lowest BCUT2D eigenvalue weighted by molar-refractivity contribution is 0.460. The Kier molecular flexibility index (Phi) is 6.95. The lowest BCUT2D eigenvalue weighted by Gasteiger charge is -2.45. The van der Waals surface area contributed by atoms with Crippen LogP contribution in [-0.2, 0) is 5.54 Å². The summed E-state index contributed by atoms with van der Waals surface area (Å²) in [5.41, 5.74) is 2.85. The minimum atomic E-state index is -2.20. The molecule has 0 fully saturated rings. The van der Waals surface area contributed by atoms with Gasteiger partial charge >= 0.3 is 0 Å². The van der Waals surface area contributed by atoms with Crippen molar-refractivity contribution in [2.75, 3.05) is 42.3 Å². The van der Waals surface area contributed by atoms with E-state index in [1.807, 2.05) is 0 Å². The van der Waals surface area contributed by atoms with Crippen LogP contribution in [0.1, 0.15) is 16.7 Å². The number of hydrogen-bond donors (Lipinski definition) is 0. The molecule has 0 bridgehead atoms. The molecule has 0 unspecified atom stereocenters. The monoisotopic (exact) mass is 420 g/mol. The van der Waals surface area contributed by atoms with E-state index < -0.39 is 13.0 Å². The molecule has 0 amide bonds. The second-order valence-electron chi connectivity index (χ2n) is 7.99. The molecule has 0 atom stereocenters. The van der Waals surface area contributed by atoms with E-state index >= 15 is 0 Å². The minimum Gasteiger partial charge on any atom is -0.252 e. The molecule has 0 spiro atoms. The Bertz CT molecular complexity index is 858. The van der Waals surface area contributed by atoms with Crippen LogP contribution in [0.5, 0.6) is 0 Å². The third kappa shape index (κ3) is 3.89. The molecule has 30 heavy (non-hydrogen) atoms. The summed E-state index contributed by atoms with van der Waals surface area (Å²) in [7, 11) is 10.6. The molecule has 0 aliphatic carbocycles. The summed E-state index contributed by atoms with van der Waals surface area (Å²) in [6, 6.07) is 32.0. The highest BCUT2D eigenvalue weighted by Gasteiger charge is 2.41. The van der Waals surface area contributed by atoms with Gasteiger partial charge in [-0.3, -0.25) is 14.0 Å². The number of nitrogens with zero attached hydrogens (tertiary/aromatic N) is 4. The maximum absolute atomic E-state index is 5.84. The van der Waals surface area contributed by atoms with Crippen molar-refractivity contribution in [1.82, 2.24) is 14.0 Å². The van der Waals surface area contributed by atoms with Crippen molar-refractivity contribution in [2.24, 2.45) is 4.74 Å². The van der Waals surface area contributed by atoms with Crippen LogP contribution < -0.4 is 0 Å². The fraction of sp³-hybridized carbons (Fsp3) is 0.280. The van der Waals surface area contributed by atoms with Crippen molar-refractivity contribution in [3.05, 3.63) is 108 Å². The molecule has 0 radical (unpaired) electrons. The third-order valence-electron chi connectivity index (χ3n) is 5.47. The maximum Gasteiger partial charge on any atom is 0.167 e. The molecule has 0 N–H and O–H groups in total. The third-order valence-corrected chi connectivity index (χ3v) is 9.26. The lowest BCUT2D eigenvalue weighted by atomic mass is 9.78. The highest BCUT2D eigenvalue weighted by molar-refractivity contribution is 7.59. The molecule has 3 aromatic carbocycles. The Morgan fingerprint density at radius 2 is 0.767 bits per heavy atom. The summed E-state index contributed by atoms with van der Waals surface area (Å²) in [5.74, 6) is 0. The van der Waals surface area contributed by atoms with Crippen LogP contribution in [-0.4, -0.2) is 56.3 Å². The first-order valence-electron chi connectivity index (χ1n) is 10.2. The fourth-order valence-corrected chi connectivity index (χ4v) is 7.69. The van der Waals surface area contributed by atoms with Crippen molar-refractivity contribution in [3.8, 4) is 0 Å². The van der Waals surface area contributed by atoms with Gasteiger partial charge in [0.2, 0.25) is 0 Å². The highest BCUT2D eigenvalue weighted by atomic mass is 31.2. The van der Waals surface area contributed by atoms with Crippen LogP contribution in [0.25, 0.3) is 0 Å². The average Bonchev–Trinajstić information content (AvgIpc) is 2.76. The van der Waals surface area contributed by atoms with Gasteiger partial charge in [-0.25, -0.2) is 4.74 Å². The Hall–Kier alpha value is -2.23. The SMILES string of the molecule is CN(C)P(=NC(c1ccccc1)(c1ccccc1)c1ccccc1)(N(C)C)N(C)C. The van der Waals surface area contributed by atoms with Gasteiger partial charge in [0.25, 0.3) is 0 Å². The van der Waals surface area contributed by atoms with Crippen LogP contribution in [0.4, 0.5) is 0 Å². The molecule has 4 nitrogen and oxygen atoms in total. The van der Waals surface area contributed by atoms with Crippen molar-refractivity contribution in [3.63, 3.8) is 0 Å². The lowest BCUT2D eigenvalue weighted by Crippen LogP contribution is -2.35. The zero-order chi connectivity index (χ0) is 21.8. The summed E-state index contributed by atoms with van der Waals surface area (Å²) >= 11 is 0. The Balaban J connectivity index is 2.55. The first-order valence-corrected chi connectivity index (χ1v) is 11.8. The van der Waals surface area contributed by atoms with Gasteiger partial charge in [0, 0.05) is 0 Å². The molecule has 0 saturated carbocycles. The van der Waals surface area contributed by atoms with Crippen LogP contribution in [0, 0.1) is 0 Å². The van der Waals surface area contributed by atoms with Gasteiger partial charge in [0.05, 0.1) is 0 Å². The molecule has 3 rings (SSSR count). The summed E-state index contributed by atoms with van der Waals surface area (Å²) in [6.07, 6.45) is 0. The van der Waals surface area contributed by atoms with E-state index in [-0.39, 0.29) is 0 Å². The zero-order valence-corrected chi connectivity index (χ0v) is 19.8. The predicted molar refractivity (Wildman–Crippen MR) is 130 cm³/mol. The topological polar surface area (TPSA) is 22.1 Å². The molecular weight excluding hydrogens is 387 g/mol. The minimum absolute atomic E-state index is 0.642. The van der Waals surface area contributed by atoms with Gasteiger partial charge in [0.15, 0.2) is 7.51 Å². The van der Waals surface area contributed by atoms with E-state index in [4.69, 9.17) is 4.74 Å². The van der Waals surface area contributed by atoms with Gasteiger partial charge in [0.1, 0.15) is 5.54 Å². The van der Waals surface area contributed by atoms with Crippen molar-refractivity contribution < 1.29 is 0 Å². The van der Waals surface area contributed by atoms with Crippen molar-refractivity contribution in [1.29, 1.82) is 0 Å². The fourth-order valence-electron chi connectivity index (χ4n) is 4.25.